The highest BCUT2D eigenvalue weighted by atomic mass is 35.5. The van der Waals surface area contributed by atoms with Gasteiger partial charge in [0.15, 0.2) is 0 Å². The summed E-state index contributed by atoms with van der Waals surface area (Å²) in [6.45, 7) is 0. The van der Waals surface area contributed by atoms with Crippen molar-refractivity contribution in [1.82, 2.24) is 4.57 Å². The van der Waals surface area contributed by atoms with Crippen molar-refractivity contribution in [3.8, 4) is 0 Å². The van der Waals surface area contributed by atoms with Crippen molar-refractivity contribution in [3.63, 3.8) is 0 Å². The molecule has 3 heteroatoms. The van der Waals surface area contributed by atoms with Gasteiger partial charge in [-0.25, -0.2) is 0 Å². The van der Waals surface area contributed by atoms with Crippen molar-refractivity contribution >= 4 is 23.3 Å². The summed E-state index contributed by atoms with van der Waals surface area (Å²) in [6, 6.07) is 8.72. The van der Waals surface area contributed by atoms with E-state index in [4.69, 9.17) is 5.73 Å². The zero-order valence-corrected chi connectivity index (χ0v) is 10.9. The van der Waals surface area contributed by atoms with Crippen LogP contribution in [0.25, 0.3) is 10.9 Å². The number of aryl methyl sites for hydroxylation is 1. The highest BCUT2D eigenvalue weighted by Gasteiger charge is 2.25. The summed E-state index contributed by atoms with van der Waals surface area (Å²) < 4.78 is 2.18. The summed E-state index contributed by atoms with van der Waals surface area (Å²) in [5.41, 5.74) is 8.89. The Morgan fingerprint density at radius 2 is 2.06 bits per heavy atom. The number of fused-ring (bicyclic) bond motifs is 1. The average Bonchev–Trinajstić information content (AvgIpc) is 3.03. The van der Waals surface area contributed by atoms with E-state index < -0.39 is 0 Å². The third-order valence-corrected chi connectivity index (χ3v) is 3.61. The average molecular weight is 251 g/mol. The molecule has 1 fully saturated rings. The lowest BCUT2D eigenvalue weighted by Crippen LogP contribution is -2.10. The molecular weight excluding hydrogens is 232 g/mol. The summed E-state index contributed by atoms with van der Waals surface area (Å²) in [5, 5.41) is 1.32. The third-order valence-electron chi connectivity index (χ3n) is 3.61. The molecule has 92 valence electrons. The molecule has 2 N–H and O–H groups in total. The molecule has 0 unspecified atom stereocenters. The molecule has 0 bridgehead atoms. The van der Waals surface area contributed by atoms with Gasteiger partial charge in [0, 0.05) is 30.2 Å². The van der Waals surface area contributed by atoms with E-state index in [9.17, 15) is 0 Å². The lowest BCUT2D eigenvalue weighted by molar-refractivity contribution is 0.599. The first-order chi connectivity index (χ1) is 7.75. The lowest BCUT2D eigenvalue weighted by atomic mass is 10.0. The van der Waals surface area contributed by atoms with Crippen molar-refractivity contribution < 1.29 is 0 Å². The van der Waals surface area contributed by atoms with Gasteiger partial charge in [0.1, 0.15) is 0 Å². The van der Waals surface area contributed by atoms with Crippen LogP contribution in [0, 0.1) is 5.92 Å². The molecule has 3 rings (SSSR count). The van der Waals surface area contributed by atoms with E-state index in [1.165, 1.54) is 29.3 Å². The zero-order chi connectivity index (χ0) is 11.1. The number of nitrogens with two attached hydrogens (primary N) is 1. The molecule has 1 aromatic carbocycles. The Morgan fingerprint density at radius 1 is 1.35 bits per heavy atom. The zero-order valence-electron chi connectivity index (χ0n) is 10.1. The molecule has 0 saturated heterocycles. The fourth-order valence-corrected chi connectivity index (χ4v) is 2.51. The molecule has 0 aliphatic heterocycles. The molecule has 2 aromatic rings. The van der Waals surface area contributed by atoms with Crippen LogP contribution in [0.2, 0.25) is 0 Å². The van der Waals surface area contributed by atoms with Crippen molar-refractivity contribution in [2.24, 2.45) is 18.7 Å². The van der Waals surface area contributed by atoms with Gasteiger partial charge in [0.05, 0.1) is 0 Å². The van der Waals surface area contributed by atoms with E-state index in [1.807, 2.05) is 0 Å². The number of hydrogen-bond acceptors (Lipinski definition) is 1. The molecule has 0 amide bonds. The van der Waals surface area contributed by atoms with Crippen LogP contribution in [0.5, 0.6) is 0 Å². The second-order valence-electron chi connectivity index (χ2n) is 5.00. The smallest absolute Gasteiger partial charge is 0.0481 e. The highest BCUT2D eigenvalue weighted by molar-refractivity contribution is 5.85. The fourth-order valence-electron chi connectivity index (χ4n) is 2.51. The first-order valence-electron chi connectivity index (χ1n) is 6.05. The van der Waals surface area contributed by atoms with Crippen LogP contribution in [0.1, 0.15) is 30.9 Å². The molecule has 0 spiro atoms. The highest BCUT2D eigenvalue weighted by Crippen LogP contribution is 2.38. The van der Waals surface area contributed by atoms with Crippen LogP contribution in [-0.2, 0) is 7.05 Å². The number of para-hydroxylation sites is 1. The van der Waals surface area contributed by atoms with Gasteiger partial charge in [-0.3, -0.25) is 0 Å². The summed E-state index contributed by atoms with van der Waals surface area (Å²) in [6.07, 6.45) is 6.09. The lowest BCUT2D eigenvalue weighted by Gasteiger charge is -2.09. The molecule has 0 radical (unpaired) electrons. The van der Waals surface area contributed by atoms with Gasteiger partial charge in [-0.05, 0) is 24.0 Å². The van der Waals surface area contributed by atoms with E-state index in [0.29, 0.717) is 0 Å². The van der Waals surface area contributed by atoms with Gasteiger partial charge in [0.25, 0.3) is 0 Å². The molecule has 1 aliphatic carbocycles. The van der Waals surface area contributed by atoms with E-state index >= 15 is 0 Å². The number of benzene rings is 1. The topological polar surface area (TPSA) is 30.9 Å². The Hall–Kier alpha value is -0.990. The fraction of sp³-hybridized carbons (Fsp3) is 0.429. The summed E-state index contributed by atoms with van der Waals surface area (Å²) in [7, 11) is 2.09. The Balaban J connectivity index is 0.00000108. The Labute approximate surface area is 108 Å². The quantitative estimate of drug-likeness (QED) is 0.889. The van der Waals surface area contributed by atoms with E-state index in [0.717, 1.165) is 12.3 Å². The van der Waals surface area contributed by atoms with Crippen LogP contribution in [0.4, 0.5) is 0 Å². The van der Waals surface area contributed by atoms with Gasteiger partial charge in [-0.15, -0.1) is 12.4 Å². The molecule has 1 heterocycles. The third kappa shape index (κ3) is 2.33. The summed E-state index contributed by atoms with van der Waals surface area (Å²) in [5.74, 6) is 0.883. The molecule has 1 aromatic heterocycles. The van der Waals surface area contributed by atoms with Crippen LogP contribution in [0.15, 0.2) is 30.5 Å². The number of aromatic nitrogens is 1. The predicted octanol–water partition coefficient (Wildman–Crippen LogP) is 3.40. The molecule has 1 aliphatic rings. The predicted molar refractivity (Wildman–Crippen MR) is 74.4 cm³/mol. The minimum absolute atomic E-state index is 0. The van der Waals surface area contributed by atoms with Gasteiger partial charge >= 0.3 is 0 Å². The van der Waals surface area contributed by atoms with Gasteiger partial charge in [-0.2, -0.15) is 0 Å². The van der Waals surface area contributed by atoms with Crippen LogP contribution < -0.4 is 5.73 Å². The molecule has 1 atom stereocenters. The standard InChI is InChI=1S/C14H18N2.ClH/c1-16-9-12(13(15)8-10-6-7-10)11-4-2-3-5-14(11)16;/h2-5,9-10,13H,6-8,15H2,1H3;1H/t13-;/m0./s1. The minimum Gasteiger partial charge on any atom is -0.350 e. The van der Waals surface area contributed by atoms with Crippen molar-refractivity contribution in [2.75, 3.05) is 0 Å². The van der Waals surface area contributed by atoms with Crippen molar-refractivity contribution in [2.45, 2.75) is 25.3 Å². The van der Waals surface area contributed by atoms with Crippen LogP contribution in [-0.4, -0.2) is 4.57 Å². The first kappa shape index (κ1) is 12.5. The Bertz CT molecular complexity index is 514. The van der Waals surface area contributed by atoms with Gasteiger partial charge < -0.3 is 10.3 Å². The molecule has 2 nitrogen and oxygen atoms in total. The maximum absolute atomic E-state index is 6.30. The summed E-state index contributed by atoms with van der Waals surface area (Å²) >= 11 is 0. The normalized spacial score (nSPS) is 16.8. The number of nitrogens with zero attached hydrogens (tertiary/aromatic N) is 1. The number of rotatable bonds is 3. The molecular formula is C14H19ClN2. The van der Waals surface area contributed by atoms with Crippen molar-refractivity contribution in [3.05, 3.63) is 36.0 Å². The van der Waals surface area contributed by atoms with E-state index in [1.54, 1.807) is 0 Å². The molecule has 1 saturated carbocycles. The second-order valence-corrected chi connectivity index (χ2v) is 5.00. The van der Waals surface area contributed by atoms with Crippen LogP contribution >= 0.6 is 12.4 Å². The molecule has 17 heavy (non-hydrogen) atoms. The largest absolute Gasteiger partial charge is 0.350 e. The van der Waals surface area contributed by atoms with E-state index in [2.05, 4.69) is 42.1 Å². The summed E-state index contributed by atoms with van der Waals surface area (Å²) in [4.78, 5) is 0. The van der Waals surface area contributed by atoms with Crippen molar-refractivity contribution in [1.29, 1.82) is 0 Å². The minimum atomic E-state index is 0. The SMILES string of the molecule is Cl.Cn1cc([C@@H](N)CC2CC2)c2ccccc21. The number of halogens is 1. The van der Waals surface area contributed by atoms with E-state index in [-0.39, 0.29) is 18.4 Å². The monoisotopic (exact) mass is 250 g/mol. The maximum atomic E-state index is 6.30. The number of hydrogen-bond donors (Lipinski definition) is 1. The van der Waals surface area contributed by atoms with Gasteiger partial charge in [-0.1, -0.05) is 31.0 Å². The Kier molecular flexibility index (Phi) is 3.45. The first-order valence-corrected chi connectivity index (χ1v) is 6.05. The maximum Gasteiger partial charge on any atom is 0.0481 e. The van der Waals surface area contributed by atoms with Gasteiger partial charge in [0.2, 0.25) is 0 Å². The Morgan fingerprint density at radius 3 is 2.76 bits per heavy atom. The second kappa shape index (κ2) is 4.71. The van der Waals surface area contributed by atoms with Crippen LogP contribution in [0.3, 0.4) is 0 Å².